The molecule has 0 unspecified atom stereocenters. The van der Waals surface area contributed by atoms with Crippen LogP contribution in [0.15, 0.2) is 53.4 Å². The van der Waals surface area contributed by atoms with Crippen LogP contribution in [0.3, 0.4) is 0 Å². The third-order valence-electron chi connectivity index (χ3n) is 4.95. The van der Waals surface area contributed by atoms with E-state index < -0.39 is 10.0 Å². The van der Waals surface area contributed by atoms with Gasteiger partial charge in [-0.15, -0.1) is 0 Å². The monoisotopic (exact) mass is 389 g/mol. The summed E-state index contributed by atoms with van der Waals surface area (Å²) in [6, 6.07) is 14.8. The lowest BCUT2D eigenvalue weighted by Crippen LogP contribution is -2.47. The molecule has 6 nitrogen and oxygen atoms in total. The van der Waals surface area contributed by atoms with Crippen molar-refractivity contribution in [1.29, 1.82) is 0 Å². The maximum Gasteiger partial charge on any atom is 0.238 e. The van der Waals surface area contributed by atoms with Gasteiger partial charge in [0.1, 0.15) is 12.4 Å². The number of ether oxygens (including phenoxy) is 1. The Kier molecular flexibility index (Phi) is 6.49. The Morgan fingerprint density at radius 1 is 0.963 bits per heavy atom. The van der Waals surface area contributed by atoms with Gasteiger partial charge in [-0.2, -0.15) is 0 Å². The van der Waals surface area contributed by atoms with E-state index in [9.17, 15) is 8.42 Å². The number of nitrogens with zero attached hydrogens (tertiary/aromatic N) is 2. The molecular formula is C20H27N3O3S. The summed E-state index contributed by atoms with van der Waals surface area (Å²) >= 11 is 0. The van der Waals surface area contributed by atoms with Crippen LogP contribution < -0.4 is 9.88 Å². The van der Waals surface area contributed by atoms with Gasteiger partial charge in [0.15, 0.2) is 0 Å². The second kappa shape index (κ2) is 8.84. The zero-order chi connectivity index (χ0) is 19.3. The first kappa shape index (κ1) is 19.8. The summed E-state index contributed by atoms with van der Waals surface area (Å²) in [6.07, 6.45) is 0. The first-order valence-electron chi connectivity index (χ1n) is 9.17. The molecule has 0 bridgehead atoms. The Morgan fingerprint density at radius 3 is 2.22 bits per heavy atom. The van der Waals surface area contributed by atoms with Gasteiger partial charge in [0, 0.05) is 39.3 Å². The van der Waals surface area contributed by atoms with E-state index in [0.717, 1.165) is 39.3 Å². The molecule has 146 valence electrons. The van der Waals surface area contributed by atoms with Crippen LogP contribution in [0.5, 0.6) is 5.75 Å². The van der Waals surface area contributed by atoms with Gasteiger partial charge in [-0.25, -0.2) is 13.6 Å². The molecule has 1 aliphatic heterocycles. The second-order valence-electron chi connectivity index (χ2n) is 6.91. The molecule has 1 heterocycles. The maximum atomic E-state index is 11.3. The fourth-order valence-electron chi connectivity index (χ4n) is 3.22. The lowest BCUT2D eigenvalue weighted by molar-refractivity contribution is 0.112. The van der Waals surface area contributed by atoms with E-state index in [4.69, 9.17) is 9.88 Å². The maximum absolute atomic E-state index is 11.3. The van der Waals surface area contributed by atoms with Gasteiger partial charge < -0.3 is 4.74 Å². The zero-order valence-electron chi connectivity index (χ0n) is 15.7. The summed E-state index contributed by atoms with van der Waals surface area (Å²) in [7, 11) is -3.66. The number of hydrogen-bond acceptors (Lipinski definition) is 5. The zero-order valence-corrected chi connectivity index (χ0v) is 16.5. The van der Waals surface area contributed by atoms with Crippen molar-refractivity contribution in [3.63, 3.8) is 0 Å². The summed E-state index contributed by atoms with van der Waals surface area (Å²) in [5.41, 5.74) is 2.75. The molecule has 0 amide bonds. The average Bonchev–Trinajstić information content (AvgIpc) is 2.65. The summed E-state index contributed by atoms with van der Waals surface area (Å²) in [6.45, 7) is 8.77. The third-order valence-corrected chi connectivity index (χ3v) is 5.88. The highest BCUT2D eigenvalue weighted by Crippen LogP contribution is 2.15. The molecule has 3 rings (SSSR count). The van der Waals surface area contributed by atoms with E-state index in [0.29, 0.717) is 12.4 Å². The van der Waals surface area contributed by atoms with Crippen molar-refractivity contribution < 1.29 is 13.2 Å². The largest absolute Gasteiger partial charge is 0.492 e. The minimum absolute atomic E-state index is 0.0969. The lowest BCUT2D eigenvalue weighted by Gasteiger charge is -2.34. The number of piperazine rings is 1. The number of nitrogens with two attached hydrogens (primary N) is 1. The van der Waals surface area contributed by atoms with E-state index >= 15 is 0 Å². The Morgan fingerprint density at radius 2 is 1.59 bits per heavy atom. The first-order chi connectivity index (χ1) is 12.9. The molecule has 2 aromatic carbocycles. The summed E-state index contributed by atoms with van der Waals surface area (Å²) < 4.78 is 28.2. The van der Waals surface area contributed by atoms with Crippen LogP contribution in [0.4, 0.5) is 0 Å². The van der Waals surface area contributed by atoms with Crippen molar-refractivity contribution in [3.05, 3.63) is 59.7 Å². The first-order valence-corrected chi connectivity index (χ1v) is 10.7. The highest BCUT2D eigenvalue weighted by molar-refractivity contribution is 7.89. The predicted octanol–water partition coefficient (Wildman–Crippen LogP) is 1.84. The molecule has 0 saturated carbocycles. The standard InChI is InChI=1S/C20H27N3O3S/c1-17-4-2-3-5-18(17)16-23-12-10-22(11-13-23)14-15-26-19-6-8-20(9-7-19)27(21,24)25/h2-9H,10-16H2,1H3,(H2,21,24,25). The van der Waals surface area contributed by atoms with Crippen LogP contribution in [0.1, 0.15) is 11.1 Å². The molecule has 1 aliphatic rings. The van der Waals surface area contributed by atoms with Gasteiger partial charge in [-0.05, 0) is 42.3 Å². The highest BCUT2D eigenvalue weighted by atomic mass is 32.2. The molecule has 0 aliphatic carbocycles. The second-order valence-corrected chi connectivity index (χ2v) is 8.47. The molecule has 1 saturated heterocycles. The van der Waals surface area contributed by atoms with Crippen LogP contribution in [-0.2, 0) is 16.6 Å². The summed E-state index contributed by atoms with van der Waals surface area (Å²) in [5.74, 6) is 0.653. The van der Waals surface area contributed by atoms with E-state index in [1.165, 1.54) is 23.3 Å². The van der Waals surface area contributed by atoms with Crippen LogP contribution in [0.25, 0.3) is 0 Å². The predicted molar refractivity (Wildman–Crippen MR) is 106 cm³/mol. The lowest BCUT2D eigenvalue weighted by atomic mass is 10.1. The minimum Gasteiger partial charge on any atom is -0.492 e. The average molecular weight is 390 g/mol. The fourth-order valence-corrected chi connectivity index (χ4v) is 3.73. The molecule has 0 radical (unpaired) electrons. The van der Waals surface area contributed by atoms with Gasteiger partial charge in [0.05, 0.1) is 4.90 Å². The smallest absolute Gasteiger partial charge is 0.238 e. The number of sulfonamides is 1. The van der Waals surface area contributed by atoms with Crippen molar-refractivity contribution in [3.8, 4) is 5.75 Å². The summed E-state index contributed by atoms with van der Waals surface area (Å²) in [4.78, 5) is 4.98. The molecule has 27 heavy (non-hydrogen) atoms. The molecule has 2 N–H and O–H groups in total. The van der Waals surface area contributed by atoms with Gasteiger partial charge >= 0.3 is 0 Å². The number of hydrogen-bond donors (Lipinski definition) is 1. The Balaban J connectivity index is 1.39. The number of benzene rings is 2. The molecular weight excluding hydrogens is 362 g/mol. The SMILES string of the molecule is Cc1ccccc1CN1CCN(CCOc2ccc(S(N)(=O)=O)cc2)CC1. The van der Waals surface area contributed by atoms with E-state index in [-0.39, 0.29) is 4.90 Å². The van der Waals surface area contributed by atoms with E-state index in [2.05, 4.69) is 41.0 Å². The van der Waals surface area contributed by atoms with Crippen LogP contribution in [0.2, 0.25) is 0 Å². The number of aryl methyl sites for hydroxylation is 1. The topological polar surface area (TPSA) is 75.9 Å². The molecule has 0 atom stereocenters. The van der Waals surface area contributed by atoms with Gasteiger partial charge in [-0.1, -0.05) is 24.3 Å². The van der Waals surface area contributed by atoms with Gasteiger partial charge in [-0.3, -0.25) is 9.80 Å². The van der Waals surface area contributed by atoms with Crippen LogP contribution in [0, 0.1) is 6.92 Å². The highest BCUT2D eigenvalue weighted by Gasteiger charge is 2.17. The normalized spacial score (nSPS) is 16.4. The van der Waals surface area contributed by atoms with Crippen molar-refractivity contribution in [1.82, 2.24) is 9.80 Å². The summed E-state index contributed by atoms with van der Waals surface area (Å²) in [5, 5.41) is 5.09. The molecule has 0 aromatic heterocycles. The van der Waals surface area contributed by atoms with E-state index in [1.54, 1.807) is 12.1 Å². The van der Waals surface area contributed by atoms with Gasteiger partial charge in [0.2, 0.25) is 10.0 Å². The van der Waals surface area contributed by atoms with Gasteiger partial charge in [0.25, 0.3) is 0 Å². The Hall–Kier alpha value is -1.93. The molecule has 1 fully saturated rings. The number of rotatable bonds is 7. The molecule has 7 heteroatoms. The van der Waals surface area contributed by atoms with Crippen molar-refractivity contribution >= 4 is 10.0 Å². The fraction of sp³-hybridized carbons (Fsp3) is 0.400. The van der Waals surface area contributed by atoms with Crippen molar-refractivity contribution in [2.75, 3.05) is 39.3 Å². The van der Waals surface area contributed by atoms with Crippen LogP contribution >= 0.6 is 0 Å². The van der Waals surface area contributed by atoms with Crippen molar-refractivity contribution in [2.45, 2.75) is 18.4 Å². The van der Waals surface area contributed by atoms with E-state index in [1.807, 2.05) is 0 Å². The number of primary sulfonamides is 1. The molecule has 2 aromatic rings. The van der Waals surface area contributed by atoms with Crippen LogP contribution in [-0.4, -0.2) is 57.5 Å². The third kappa shape index (κ3) is 5.77. The van der Waals surface area contributed by atoms with Crippen molar-refractivity contribution in [2.24, 2.45) is 5.14 Å². The molecule has 0 spiro atoms. The quantitative estimate of drug-likeness (QED) is 0.782. The Labute approximate surface area is 161 Å². The Bertz CT molecular complexity index is 845. The minimum atomic E-state index is -3.66.